The lowest BCUT2D eigenvalue weighted by molar-refractivity contribution is -0.361. The van der Waals surface area contributed by atoms with E-state index < -0.39 is 18.1 Å². The number of rotatable bonds is 7. The first-order chi connectivity index (χ1) is 14.3. The highest BCUT2D eigenvalue weighted by Gasteiger charge is 2.73. The van der Waals surface area contributed by atoms with Crippen LogP contribution in [0.25, 0.3) is 0 Å². The lowest BCUT2D eigenvalue weighted by atomic mass is 10.1. The number of hydrogen-bond acceptors (Lipinski definition) is 4. The zero-order valence-corrected chi connectivity index (χ0v) is 19.3. The highest BCUT2D eigenvalue weighted by atomic mass is 127. The molecule has 0 saturated heterocycles. The van der Waals surface area contributed by atoms with Crippen LogP contribution >= 0.6 is 45.2 Å². The van der Waals surface area contributed by atoms with Crippen LogP contribution in [0.3, 0.4) is 0 Å². The number of halogens is 9. The third-order valence-electron chi connectivity index (χ3n) is 3.66. The summed E-state index contributed by atoms with van der Waals surface area (Å²) >= 11 is 3.78. The molecule has 0 radical (unpaired) electrons. The molecule has 166 valence electrons. The fourth-order valence-corrected chi connectivity index (χ4v) is 4.14. The first-order valence-electron chi connectivity index (χ1n) is 8.02. The Morgan fingerprint density at radius 2 is 1.65 bits per heavy atom. The first kappa shape index (κ1) is 25.4. The van der Waals surface area contributed by atoms with E-state index in [2.05, 4.69) is 5.10 Å². The summed E-state index contributed by atoms with van der Waals surface area (Å²) in [4.78, 5) is 0. The van der Waals surface area contributed by atoms with E-state index in [1.165, 1.54) is 6.07 Å². The topological polar surface area (TPSA) is 57.4 Å². The van der Waals surface area contributed by atoms with Crippen molar-refractivity contribution in [2.45, 2.75) is 24.8 Å². The summed E-state index contributed by atoms with van der Waals surface area (Å²) in [5.41, 5.74) is 1.76. The second kappa shape index (κ2) is 9.76. The second-order valence-corrected chi connectivity index (χ2v) is 8.33. The Bertz CT molecular complexity index is 1000. The summed E-state index contributed by atoms with van der Waals surface area (Å²) in [5, 5.41) is 11.7. The van der Waals surface area contributed by atoms with E-state index in [0.717, 1.165) is 0 Å². The van der Waals surface area contributed by atoms with Crippen LogP contribution in [0.5, 0.6) is 5.75 Å². The molecule has 4 nitrogen and oxygen atoms in total. The number of nitrogens with one attached hydrogen (secondary N) is 1. The van der Waals surface area contributed by atoms with Crippen molar-refractivity contribution < 1.29 is 35.5 Å². The maximum Gasteiger partial charge on any atom is 0.462 e. The van der Waals surface area contributed by atoms with Gasteiger partial charge in [0.05, 0.1) is 21.4 Å². The number of nitrogens with zero attached hydrogens (tertiary/aromatic N) is 2. The van der Waals surface area contributed by atoms with E-state index in [1.54, 1.807) is 30.3 Å². The van der Waals surface area contributed by atoms with Gasteiger partial charge in [0.2, 0.25) is 0 Å². The zero-order valence-electron chi connectivity index (χ0n) is 15.0. The van der Waals surface area contributed by atoms with Crippen molar-refractivity contribution in [2.75, 3.05) is 0 Å². The molecule has 0 atom stereocenters. The average molecular weight is 671 g/mol. The van der Waals surface area contributed by atoms with Gasteiger partial charge in [0, 0.05) is 9.13 Å². The Hall–Kier alpha value is -1.83. The molecule has 0 aliphatic carbocycles. The fraction of sp³-hybridized carbons (Fsp3) is 0.222. The van der Waals surface area contributed by atoms with Crippen molar-refractivity contribution in [2.24, 2.45) is 5.10 Å². The Balaban J connectivity index is 2.23. The molecule has 0 unspecified atom stereocenters. The van der Waals surface area contributed by atoms with E-state index >= 15 is 0 Å². The lowest BCUT2D eigenvalue weighted by Crippen LogP contribution is -2.58. The molecule has 0 aromatic heterocycles. The number of hydrogen-bond donors (Lipinski definition) is 1. The minimum absolute atomic E-state index is 0.0128. The van der Waals surface area contributed by atoms with Gasteiger partial charge < -0.3 is 4.74 Å². The van der Waals surface area contributed by atoms with Crippen LogP contribution in [0, 0.1) is 18.5 Å². The highest BCUT2D eigenvalue weighted by Crippen LogP contribution is 2.45. The van der Waals surface area contributed by atoms with Gasteiger partial charge in [-0.1, -0.05) is 12.1 Å². The van der Waals surface area contributed by atoms with Crippen LogP contribution in [-0.4, -0.2) is 24.4 Å². The zero-order chi connectivity index (χ0) is 23.4. The van der Waals surface area contributed by atoms with Gasteiger partial charge in [0.15, 0.2) is 0 Å². The molecule has 31 heavy (non-hydrogen) atoms. The van der Waals surface area contributed by atoms with E-state index in [-0.39, 0.29) is 17.9 Å². The molecule has 13 heteroatoms. The van der Waals surface area contributed by atoms with E-state index in [4.69, 9.17) is 10.00 Å². The van der Waals surface area contributed by atoms with Gasteiger partial charge in [-0.05, 0) is 75.0 Å². The summed E-state index contributed by atoms with van der Waals surface area (Å²) in [5.74, 6) is -6.17. The van der Waals surface area contributed by atoms with Gasteiger partial charge in [-0.2, -0.15) is 41.1 Å². The van der Waals surface area contributed by atoms with Crippen molar-refractivity contribution in [1.82, 2.24) is 5.43 Å². The predicted molar refractivity (Wildman–Crippen MR) is 114 cm³/mol. The molecule has 0 spiro atoms. The van der Waals surface area contributed by atoms with Crippen LogP contribution in [0.15, 0.2) is 41.5 Å². The van der Waals surface area contributed by atoms with Gasteiger partial charge in [-0.15, -0.1) is 0 Å². The molecule has 0 aliphatic heterocycles. The molecule has 0 bridgehead atoms. The van der Waals surface area contributed by atoms with Gasteiger partial charge in [0.25, 0.3) is 0 Å². The number of alkyl halides is 7. The number of ether oxygens (including phenoxy) is 1. The third kappa shape index (κ3) is 6.11. The largest absolute Gasteiger partial charge is 0.487 e. The van der Waals surface area contributed by atoms with Crippen LogP contribution < -0.4 is 10.2 Å². The fourth-order valence-electron chi connectivity index (χ4n) is 2.09. The summed E-state index contributed by atoms with van der Waals surface area (Å²) in [6, 6.07) is 5.77. The van der Waals surface area contributed by atoms with Gasteiger partial charge >= 0.3 is 18.1 Å². The average Bonchev–Trinajstić information content (AvgIpc) is 2.66. The van der Waals surface area contributed by atoms with Crippen molar-refractivity contribution in [1.29, 1.82) is 5.26 Å². The maximum atomic E-state index is 13.3. The van der Waals surface area contributed by atoms with Crippen molar-refractivity contribution in [3.8, 4) is 11.8 Å². The quantitative estimate of drug-likeness (QED) is 0.128. The van der Waals surface area contributed by atoms with E-state index in [0.29, 0.717) is 29.9 Å². The van der Waals surface area contributed by atoms with Gasteiger partial charge in [-0.3, -0.25) is 0 Å². The van der Waals surface area contributed by atoms with Crippen molar-refractivity contribution >= 4 is 51.4 Å². The second-order valence-electron chi connectivity index (χ2n) is 5.92. The van der Waals surface area contributed by atoms with Crippen LogP contribution in [0.1, 0.15) is 16.7 Å². The van der Waals surface area contributed by atoms with Crippen molar-refractivity contribution in [3.63, 3.8) is 0 Å². The molecule has 0 heterocycles. The summed E-state index contributed by atoms with van der Waals surface area (Å²) in [6.07, 6.45) is -5.80. The Morgan fingerprint density at radius 3 is 2.19 bits per heavy atom. The van der Waals surface area contributed by atoms with E-state index in [9.17, 15) is 30.7 Å². The molecule has 0 saturated carbocycles. The molecule has 2 aromatic rings. The van der Waals surface area contributed by atoms with Crippen LogP contribution in [-0.2, 0) is 6.61 Å². The monoisotopic (exact) mass is 671 g/mol. The summed E-state index contributed by atoms with van der Waals surface area (Å²) in [7, 11) is 0. The Kier molecular flexibility index (Phi) is 8.00. The highest BCUT2D eigenvalue weighted by molar-refractivity contribution is 14.1. The maximum absolute atomic E-state index is 13.3. The molecular weight excluding hydrogens is 661 g/mol. The first-order valence-corrected chi connectivity index (χ1v) is 10.2. The Labute approximate surface area is 198 Å². The lowest BCUT2D eigenvalue weighted by Gasteiger charge is -2.27. The van der Waals surface area contributed by atoms with Crippen LogP contribution in [0.2, 0.25) is 0 Å². The van der Waals surface area contributed by atoms with Gasteiger partial charge in [0.1, 0.15) is 12.4 Å². The Morgan fingerprint density at radius 1 is 1.03 bits per heavy atom. The standard InChI is InChI=1S/C18H10F7I2N3O/c19-16(20,17(21,22)23)18(24,25)30-29-8-12-5-13(26)6-14(27)15(12)31-9-11-3-1-10(7-28)2-4-11/h1-6,8,30H,9H2/b29-8-. The van der Waals surface area contributed by atoms with Crippen LogP contribution in [0.4, 0.5) is 30.7 Å². The molecule has 0 amide bonds. The molecule has 0 aliphatic rings. The molecule has 2 aromatic carbocycles. The number of hydrazone groups is 1. The number of nitriles is 1. The molecule has 2 rings (SSSR count). The predicted octanol–water partition coefficient (Wildman–Crippen LogP) is 6.06. The summed E-state index contributed by atoms with van der Waals surface area (Å²) < 4.78 is 96.0. The smallest absolute Gasteiger partial charge is 0.462 e. The third-order valence-corrected chi connectivity index (χ3v) is 5.09. The minimum atomic E-state index is -6.47. The minimum Gasteiger partial charge on any atom is -0.487 e. The molecule has 0 fully saturated rings. The summed E-state index contributed by atoms with van der Waals surface area (Å²) in [6.45, 7) is 0.0128. The molecular formula is C18H10F7I2N3O. The van der Waals surface area contributed by atoms with E-state index in [1.807, 2.05) is 51.3 Å². The number of benzene rings is 2. The normalized spacial score (nSPS) is 12.6. The molecule has 1 N–H and O–H groups in total. The van der Waals surface area contributed by atoms with Crippen molar-refractivity contribution in [3.05, 3.63) is 60.2 Å². The SMILES string of the molecule is N#Cc1ccc(COc2c(I)cc(I)cc2/C=N\NC(F)(F)C(F)(F)C(F)(F)F)cc1. The van der Waals surface area contributed by atoms with Gasteiger partial charge in [-0.25, -0.2) is 5.43 Å².